The standard InChI is InChI=1S/C13H21N3OS.C3H6.C2H6O.C2H6/c1-5-13(18(4)17)7-11(3)16(6-2)9-12-8-14-10-15-12;2*1-3-2;1-2/h5,7-8,10H,6,9H2,1-4H3,(H,14,15);3H,1H2,2H3;1-2H3;1-2H3/b11-7+,13-5+;;;. The second kappa shape index (κ2) is 21.4. The molecule has 0 saturated heterocycles. The SMILES string of the molecule is C/C=C(\C=C(/C)N(CC)Cc1cnc[nH]1)S(C)=O.C=CC.CC.COC. The predicted molar refractivity (Wildman–Crippen MR) is 116 cm³/mol. The predicted octanol–water partition coefficient (Wildman–Crippen LogP) is 4.90. The molecule has 0 amide bonds. The molecular formula is C20H39N3O2S. The lowest BCUT2D eigenvalue weighted by Crippen LogP contribution is -2.21. The molecule has 0 radical (unpaired) electrons. The molecule has 1 unspecified atom stereocenters. The fourth-order valence-corrected chi connectivity index (χ4v) is 2.36. The van der Waals surface area contributed by atoms with Crippen molar-refractivity contribution in [3.63, 3.8) is 0 Å². The van der Waals surface area contributed by atoms with Gasteiger partial charge in [-0.1, -0.05) is 26.0 Å². The summed E-state index contributed by atoms with van der Waals surface area (Å²) in [6.45, 7) is 17.0. The molecule has 0 spiro atoms. The van der Waals surface area contributed by atoms with Crippen molar-refractivity contribution in [1.82, 2.24) is 14.9 Å². The highest BCUT2D eigenvalue weighted by Gasteiger charge is 2.07. The maximum Gasteiger partial charge on any atom is 0.0922 e. The van der Waals surface area contributed by atoms with Crippen LogP contribution in [0.25, 0.3) is 0 Å². The summed E-state index contributed by atoms with van der Waals surface area (Å²) in [5, 5.41) is 0. The van der Waals surface area contributed by atoms with E-state index in [-0.39, 0.29) is 0 Å². The summed E-state index contributed by atoms with van der Waals surface area (Å²) in [6.07, 6.45) is 10.8. The average molecular weight is 386 g/mol. The molecule has 1 aromatic heterocycles. The number of rotatable bonds is 6. The summed E-state index contributed by atoms with van der Waals surface area (Å²) in [5.74, 6) is 0. The molecule has 0 aliphatic rings. The highest BCUT2D eigenvalue weighted by molar-refractivity contribution is 7.88. The monoisotopic (exact) mass is 385 g/mol. The topological polar surface area (TPSA) is 58.2 Å². The van der Waals surface area contributed by atoms with Crippen molar-refractivity contribution in [2.75, 3.05) is 27.0 Å². The van der Waals surface area contributed by atoms with Gasteiger partial charge in [-0.05, 0) is 33.8 Å². The Balaban J connectivity index is -0.000000567. The van der Waals surface area contributed by atoms with Crippen LogP contribution in [0.15, 0.2) is 47.9 Å². The molecule has 0 saturated carbocycles. The van der Waals surface area contributed by atoms with Crippen molar-refractivity contribution < 1.29 is 8.95 Å². The highest BCUT2D eigenvalue weighted by Crippen LogP contribution is 2.12. The number of nitrogens with one attached hydrogen (secondary N) is 1. The first kappa shape index (κ1) is 29.1. The maximum atomic E-state index is 11.5. The lowest BCUT2D eigenvalue weighted by atomic mass is 10.3. The van der Waals surface area contributed by atoms with Gasteiger partial charge in [-0.2, -0.15) is 0 Å². The average Bonchev–Trinajstić information content (AvgIpc) is 3.13. The molecule has 1 atom stereocenters. The summed E-state index contributed by atoms with van der Waals surface area (Å²) < 4.78 is 15.8. The van der Waals surface area contributed by atoms with Crippen molar-refractivity contribution in [2.24, 2.45) is 0 Å². The molecule has 0 bridgehead atoms. The minimum absolute atomic E-state index is 0.784. The Hall–Kier alpha value is -1.66. The van der Waals surface area contributed by atoms with Crippen LogP contribution in [0.2, 0.25) is 0 Å². The Bertz CT molecular complexity index is 509. The van der Waals surface area contributed by atoms with E-state index >= 15 is 0 Å². The Kier molecular flexibility index (Phi) is 23.9. The van der Waals surface area contributed by atoms with Crippen molar-refractivity contribution in [1.29, 1.82) is 0 Å². The summed E-state index contributed by atoms with van der Waals surface area (Å²) in [7, 11) is 2.31. The van der Waals surface area contributed by atoms with Gasteiger partial charge < -0.3 is 14.6 Å². The van der Waals surface area contributed by atoms with Crippen LogP contribution in [-0.2, 0) is 22.1 Å². The van der Waals surface area contributed by atoms with E-state index in [1.54, 1.807) is 32.9 Å². The van der Waals surface area contributed by atoms with Crippen LogP contribution in [0.1, 0.15) is 47.2 Å². The van der Waals surface area contributed by atoms with Crippen LogP contribution in [0.4, 0.5) is 0 Å². The summed E-state index contributed by atoms with van der Waals surface area (Å²) in [4.78, 5) is 10.2. The van der Waals surface area contributed by atoms with E-state index in [9.17, 15) is 4.21 Å². The number of methoxy groups -OCH3 is 1. The third-order valence-corrected chi connectivity index (χ3v) is 3.78. The van der Waals surface area contributed by atoms with E-state index in [4.69, 9.17) is 0 Å². The Labute approximate surface area is 163 Å². The molecule has 1 heterocycles. The quantitative estimate of drug-likeness (QED) is 0.559. The number of ether oxygens (including phenoxy) is 1. The molecule has 0 aliphatic carbocycles. The minimum atomic E-state index is -0.943. The van der Waals surface area contributed by atoms with Crippen LogP contribution in [-0.4, -0.2) is 46.1 Å². The van der Waals surface area contributed by atoms with Crippen LogP contribution in [0.3, 0.4) is 0 Å². The number of aromatic nitrogens is 2. The summed E-state index contributed by atoms with van der Waals surface area (Å²) in [5.41, 5.74) is 2.18. The third kappa shape index (κ3) is 15.8. The molecule has 26 heavy (non-hydrogen) atoms. The largest absolute Gasteiger partial charge is 0.388 e. The number of hydrogen-bond acceptors (Lipinski definition) is 4. The Morgan fingerprint density at radius 2 is 1.88 bits per heavy atom. The van der Waals surface area contributed by atoms with E-state index in [2.05, 4.69) is 33.1 Å². The molecule has 0 fully saturated rings. The fourth-order valence-electron chi connectivity index (χ4n) is 1.69. The fraction of sp³-hybridized carbons (Fsp3) is 0.550. The van der Waals surface area contributed by atoms with Crippen LogP contribution >= 0.6 is 0 Å². The number of allylic oxidation sites excluding steroid dienone is 4. The first-order valence-corrected chi connectivity index (χ1v) is 10.3. The number of aromatic amines is 1. The maximum absolute atomic E-state index is 11.5. The molecule has 1 rings (SSSR count). The highest BCUT2D eigenvalue weighted by atomic mass is 32.2. The Morgan fingerprint density at radius 3 is 2.19 bits per heavy atom. The zero-order valence-electron chi connectivity index (χ0n) is 18.1. The molecule has 152 valence electrons. The van der Waals surface area contributed by atoms with Gasteiger partial charge in [0, 0.05) is 54.6 Å². The first-order valence-electron chi connectivity index (χ1n) is 8.78. The molecule has 5 nitrogen and oxygen atoms in total. The van der Waals surface area contributed by atoms with E-state index in [1.165, 1.54) is 0 Å². The number of imidazole rings is 1. The zero-order valence-corrected chi connectivity index (χ0v) is 18.9. The molecule has 1 N–H and O–H groups in total. The van der Waals surface area contributed by atoms with Gasteiger partial charge in [-0.25, -0.2) is 4.98 Å². The van der Waals surface area contributed by atoms with Gasteiger partial charge >= 0.3 is 0 Å². The van der Waals surface area contributed by atoms with Crippen LogP contribution in [0.5, 0.6) is 0 Å². The lowest BCUT2D eigenvalue weighted by Gasteiger charge is -2.23. The van der Waals surface area contributed by atoms with Crippen LogP contribution < -0.4 is 0 Å². The zero-order chi connectivity index (χ0) is 21.0. The second-order valence-electron chi connectivity index (χ2n) is 4.84. The van der Waals surface area contributed by atoms with Gasteiger partial charge in [0.1, 0.15) is 0 Å². The van der Waals surface area contributed by atoms with Gasteiger partial charge in [0.15, 0.2) is 0 Å². The number of hydrogen-bond donors (Lipinski definition) is 1. The smallest absolute Gasteiger partial charge is 0.0922 e. The molecule has 6 heteroatoms. The van der Waals surface area contributed by atoms with Crippen molar-refractivity contribution >= 4 is 10.8 Å². The second-order valence-corrected chi connectivity index (χ2v) is 6.22. The Morgan fingerprint density at radius 1 is 1.38 bits per heavy atom. The van der Waals surface area contributed by atoms with Crippen molar-refractivity contribution in [3.8, 4) is 0 Å². The van der Waals surface area contributed by atoms with Gasteiger partial charge in [-0.15, -0.1) is 6.58 Å². The van der Waals surface area contributed by atoms with E-state index in [1.807, 2.05) is 53.0 Å². The molecular weight excluding hydrogens is 346 g/mol. The van der Waals surface area contributed by atoms with Gasteiger partial charge in [0.05, 0.1) is 18.6 Å². The van der Waals surface area contributed by atoms with Crippen molar-refractivity contribution in [3.05, 3.63) is 53.6 Å². The number of nitrogens with zero attached hydrogens (tertiary/aromatic N) is 2. The molecule has 0 aromatic carbocycles. The summed E-state index contributed by atoms with van der Waals surface area (Å²) in [6, 6.07) is 0. The van der Waals surface area contributed by atoms with Gasteiger partial charge in [0.25, 0.3) is 0 Å². The normalized spacial score (nSPS) is 11.6. The van der Waals surface area contributed by atoms with Crippen LogP contribution in [0, 0.1) is 0 Å². The van der Waals surface area contributed by atoms with Gasteiger partial charge in [-0.3, -0.25) is 4.21 Å². The third-order valence-electron chi connectivity index (χ3n) is 2.76. The van der Waals surface area contributed by atoms with E-state index < -0.39 is 10.8 Å². The van der Waals surface area contributed by atoms with Gasteiger partial charge in [0.2, 0.25) is 0 Å². The van der Waals surface area contributed by atoms with Crippen molar-refractivity contribution in [2.45, 2.75) is 48.1 Å². The van der Waals surface area contributed by atoms with E-state index in [0.717, 1.165) is 29.4 Å². The van der Waals surface area contributed by atoms with E-state index in [0.29, 0.717) is 0 Å². The minimum Gasteiger partial charge on any atom is -0.388 e. The summed E-state index contributed by atoms with van der Waals surface area (Å²) >= 11 is 0. The number of H-pyrrole nitrogens is 1. The molecule has 0 aliphatic heterocycles. The first-order chi connectivity index (χ1) is 12.4. The lowest BCUT2D eigenvalue weighted by molar-refractivity contribution is 0.277. The molecule has 1 aromatic rings.